The highest BCUT2D eigenvalue weighted by molar-refractivity contribution is 5.78. The Labute approximate surface area is 105 Å². The molecule has 2 saturated heterocycles. The second-order valence-corrected chi connectivity index (χ2v) is 4.34. The molecular weight excluding hydrogens is 240 g/mol. The van der Waals surface area contributed by atoms with Gasteiger partial charge in [-0.3, -0.25) is 0 Å². The van der Waals surface area contributed by atoms with Gasteiger partial charge in [0, 0.05) is 13.2 Å². The first-order valence-electron chi connectivity index (χ1n) is 6.03. The summed E-state index contributed by atoms with van der Waals surface area (Å²) in [7, 11) is 1.31. The molecule has 0 aromatic carbocycles. The first-order chi connectivity index (χ1) is 8.70. The number of ether oxygens (including phenoxy) is 3. The van der Waals surface area contributed by atoms with E-state index in [0.717, 1.165) is 6.42 Å². The van der Waals surface area contributed by atoms with Crippen LogP contribution >= 0.6 is 0 Å². The van der Waals surface area contributed by atoms with Crippen molar-refractivity contribution in [1.29, 1.82) is 0 Å². The van der Waals surface area contributed by atoms with Crippen molar-refractivity contribution >= 4 is 12.0 Å². The van der Waals surface area contributed by atoms with E-state index >= 15 is 0 Å². The van der Waals surface area contributed by atoms with Gasteiger partial charge in [-0.2, -0.15) is 0 Å². The minimum absolute atomic E-state index is 0.0666. The van der Waals surface area contributed by atoms with Crippen LogP contribution in [0, 0.1) is 0 Å². The molecule has 0 bridgehead atoms. The van der Waals surface area contributed by atoms with E-state index in [9.17, 15) is 9.59 Å². The molecule has 0 saturated carbocycles. The predicted octanol–water partition coefficient (Wildman–Crippen LogP) is -0.641. The van der Waals surface area contributed by atoms with Crippen molar-refractivity contribution < 1.29 is 23.8 Å². The summed E-state index contributed by atoms with van der Waals surface area (Å²) >= 11 is 0. The van der Waals surface area contributed by atoms with Gasteiger partial charge in [0.1, 0.15) is 0 Å². The Morgan fingerprint density at radius 3 is 2.89 bits per heavy atom. The standard InChI is InChI=1S/C11H18N2O5/c1-16-10(14)9-6-13(3-5-18-9)11(15)12-8-2-4-17-7-8/h8-9H,2-7H2,1H3,(H,12,15). The second kappa shape index (κ2) is 6.01. The van der Waals surface area contributed by atoms with Crippen molar-refractivity contribution in [2.24, 2.45) is 0 Å². The van der Waals surface area contributed by atoms with Crippen LogP contribution < -0.4 is 5.32 Å². The van der Waals surface area contributed by atoms with Crippen LogP contribution in [0.4, 0.5) is 4.79 Å². The molecular formula is C11H18N2O5. The third-order valence-corrected chi connectivity index (χ3v) is 3.08. The summed E-state index contributed by atoms with van der Waals surface area (Å²) in [4.78, 5) is 24.9. The maximum atomic E-state index is 12.0. The molecule has 2 rings (SSSR count). The van der Waals surface area contributed by atoms with Crippen molar-refractivity contribution in [3.8, 4) is 0 Å². The number of amides is 2. The number of hydrogen-bond donors (Lipinski definition) is 1. The molecule has 0 radical (unpaired) electrons. The Hall–Kier alpha value is -1.34. The smallest absolute Gasteiger partial charge is 0.336 e. The highest BCUT2D eigenvalue weighted by Crippen LogP contribution is 2.09. The van der Waals surface area contributed by atoms with Gasteiger partial charge in [0.15, 0.2) is 6.10 Å². The van der Waals surface area contributed by atoms with E-state index in [0.29, 0.717) is 26.4 Å². The van der Waals surface area contributed by atoms with Gasteiger partial charge in [-0.25, -0.2) is 9.59 Å². The predicted molar refractivity (Wildman–Crippen MR) is 61.1 cm³/mol. The Morgan fingerprint density at radius 2 is 2.22 bits per heavy atom. The minimum atomic E-state index is -0.686. The number of morpholine rings is 1. The van der Waals surface area contributed by atoms with Crippen molar-refractivity contribution in [3.63, 3.8) is 0 Å². The highest BCUT2D eigenvalue weighted by Gasteiger charge is 2.31. The van der Waals surface area contributed by atoms with Crippen LogP contribution in [0.2, 0.25) is 0 Å². The second-order valence-electron chi connectivity index (χ2n) is 4.34. The number of carbonyl (C=O) groups excluding carboxylic acids is 2. The van der Waals surface area contributed by atoms with E-state index in [-0.39, 0.29) is 18.6 Å². The normalized spacial score (nSPS) is 27.9. The molecule has 2 aliphatic rings. The van der Waals surface area contributed by atoms with Crippen molar-refractivity contribution in [2.45, 2.75) is 18.6 Å². The zero-order valence-electron chi connectivity index (χ0n) is 10.4. The molecule has 2 aliphatic heterocycles. The monoisotopic (exact) mass is 258 g/mol. The summed E-state index contributed by atoms with van der Waals surface area (Å²) in [5, 5.41) is 2.88. The number of methoxy groups -OCH3 is 1. The molecule has 0 aromatic heterocycles. The number of rotatable bonds is 2. The zero-order valence-corrected chi connectivity index (χ0v) is 10.4. The molecule has 2 heterocycles. The number of esters is 1. The van der Waals surface area contributed by atoms with Crippen molar-refractivity contribution in [3.05, 3.63) is 0 Å². The average Bonchev–Trinajstić information content (AvgIpc) is 2.90. The largest absolute Gasteiger partial charge is 0.467 e. The zero-order chi connectivity index (χ0) is 13.0. The molecule has 0 aromatic rings. The van der Waals surface area contributed by atoms with Gasteiger partial charge in [-0.05, 0) is 6.42 Å². The van der Waals surface area contributed by atoms with Gasteiger partial charge < -0.3 is 24.4 Å². The van der Waals surface area contributed by atoms with Gasteiger partial charge in [0.2, 0.25) is 0 Å². The fourth-order valence-electron chi connectivity index (χ4n) is 2.02. The lowest BCUT2D eigenvalue weighted by Gasteiger charge is -2.32. The van der Waals surface area contributed by atoms with Crippen molar-refractivity contribution in [2.75, 3.05) is 40.0 Å². The van der Waals surface area contributed by atoms with Crippen LogP contribution in [0.15, 0.2) is 0 Å². The lowest BCUT2D eigenvalue weighted by Crippen LogP contribution is -2.53. The molecule has 2 atom stereocenters. The molecule has 2 amide bonds. The maximum absolute atomic E-state index is 12.0. The van der Waals surface area contributed by atoms with E-state index in [4.69, 9.17) is 9.47 Å². The van der Waals surface area contributed by atoms with E-state index < -0.39 is 12.1 Å². The lowest BCUT2D eigenvalue weighted by atomic mass is 10.2. The maximum Gasteiger partial charge on any atom is 0.336 e. The van der Waals surface area contributed by atoms with Gasteiger partial charge in [-0.1, -0.05) is 0 Å². The lowest BCUT2D eigenvalue weighted by molar-refractivity contribution is -0.158. The van der Waals surface area contributed by atoms with Crippen LogP contribution in [0.25, 0.3) is 0 Å². The molecule has 0 spiro atoms. The minimum Gasteiger partial charge on any atom is -0.467 e. The summed E-state index contributed by atoms with van der Waals surface area (Å²) in [5.41, 5.74) is 0. The van der Waals surface area contributed by atoms with Crippen LogP contribution in [-0.4, -0.2) is 69.1 Å². The summed E-state index contributed by atoms with van der Waals surface area (Å²) < 4.78 is 15.1. The fourth-order valence-corrected chi connectivity index (χ4v) is 2.02. The Bertz CT molecular complexity index is 317. The van der Waals surface area contributed by atoms with Gasteiger partial charge in [0.25, 0.3) is 0 Å². The summed E-state index contributed by atoms with van der Waals surface area (Å²) in [5.74, 6) is -0.448. The van der Waals surface area contributed by atoms with Crippen LogP contribution in [-0.2, 0) is 19.0 Å². The van der Waals surface area contributed by atoms with Crippen LogP contribution in [0.5, 0.6) is 0 Å². The molecule has 7 nitrogen and oxygen atoms in total. The number of hydrogen-bond acceptors (Lipinski definition) is 5. The Kier molecular flexibility index (Phi) is 4.38. The third kappa shape index (κ3) is 3.11. The average molecular weight is 258 g/mol. The molecule has 7 heteroatoms. The number of nitrogens with zero attached hydrogens (tertiary/aromatic N) is 1. The van der Waals surface area contributed by atoms with Crippen LogP contribution in [0.1, 0.15) is 6.42 Å². The van der Waals surface area contributed by atoms with Gasteiger partial charge in [0.05, 0.1) is 32.9 Å². The summed E-state index contributed by atoms with van der Waals surface area (Å²) in [6.07, 6.45) is 0.144. The fraction of sp³-hybridized carbons (Fsp3) is 0.818. The SMILES string of the molecule is COC(=O)C1CN(C(=O)NC2CCOC2)CCO1. The van der Waals surface area contributed by atoms with Crippen LogP contribution in [0.3, 0.4) is 0 Å². The van der Waals surface area contributed by atoms with E-state index in [2.05, 4.69) is 10.1 Å². The topological polar surface area (TPSA) is 77.1 Å². The molecule has 18 heavy (non-hydrogen) atoms. The summed E-state index contributed by atoms with van der Waals surface area (Å²) in [6.45, 7) is 2.28. The number of carbonyl (C=O) groups is 2. The Balaban J connectivity index is 1.83. The first-order valence-corrected chi connectivity index (χ1v) is 6.03. The van der Waals surface area contributed by atoms with Gasteiger partial charge in [-0.15, -0.1) is 0 Å². The highest BCUT2D eigenvalue weighted by atomic mass is 16.6. The molecule has 2 fully saturated rings. The molecule has 2 unspecified atom stereocenters. The quantitative estimate of drug-likeness (QED) is 0.667. The molecule has 102 valence electrons. The molecule has 0 aliphatic carbocycles. The van der Waals surface area contributed by atoms with Gasteiger partial charge >= 0.3 is 12.0 Å². The molecule has 1 N–H and O–H groups in total. The first kappa shape index (κ1) is 13.1. The number of urea groups is 1. The van der Waals surface area contributed by atoms with Crippen molar-refractivity contribution in [1.82, 2.24) is 10.2 Å². The Morgan fingerprint density at radius 1 is 1.39 bits per heavy atom. The van der Waals surface area contributed by atoms with E-state index in [1.54, 1.807) is 4.90 Å². The third-order valence-electron chi connectivity index (χ3n) is 3.08. The summed E-state index contributed by atoms with van der Waals surface area (Å²) in [6, 6.07) is -0.111. The van der Waals surface area contributed by atoms with E-state index in [1.807, 2.05) is 0 Å². The number of nitrogens with one attached hydrogen (secondary N) is 1. The van der Waals surface area contributed by atoms with E-state index in [1.165, 1.54) is 7.11 Å².